The SMILES string of the molecule is O=C(CCc1ncc(-c2ccccc2)o1)Nc1ccccc1CN1CCSCC1. The average Bonchev–Trinajstić information content (AvgIpc) is 3.24. The highest BCUT2D eigenvalue weighted by atomic mass is 32.2. The van der Waals surface area contributed by atoms with Gasteiger partial charge in [-0.1, -0.05) is 48.5 Å². The van der Waals surface area contributed by atoms with Crippen LogP contribution in [0.3, 0.4) is 0 Å². The van der Waals surface area contributed by atoms with Crippen LogP contribution in [0, 0.1) is 0 Å². The lowest BCUT2D eigenvalue weighted by atomic mass is 10.1. The molecular formula is C23H25N3O2S. The van der Waals surface area contributed by atoms with E-state index in [1.165, 1.54) is 11.5 Å². The highest BCUT2D eigenvalue weighted by Gasteiger charge is 2.14. The van der Waals surface area contributed by atoms with Gasteiger partial charge in [-0.05, 0) is 11.6 Å². The molecule has 29 heavy (non-hydrogen) atoms. The third-order valence-corrected chi connectivity index (χ3v) is 5.91. The molecule has 3 aromatic rings. The van der Waals surface area contributed by atoms with Gasteiger partial charge in [-0.25, -0.2) is 4.98 Å². The van der Waals surface area contributed by atoms with Crippen molar-refractivity contribution in [3.8, 4) is 11.3 Å². The van der Waals surface area contributed by atoms with Gasteiger partial charge in [-0.3, -0.25) is 9.69 Å². The number of hydrogen-bond acceptors (Lipinski definition) is 5. The normalized spacial score (nSPS) is 14.6. The van der Waals surface area contributed by atoms with Crippen molar-refractivity contribution >= 4 is 23.4 Å². The van der Waals surface area contributed by atoms with Gasteiger partial charge in [0.05, 0.1) is 6.20 Å². The maximum absolute atomic E-state index is 12.5. The number of para-hydroxylation sites is 1. The molecule has 2 aromatic carbocycles. The van der Waals surface area contributed by atoms with Crippen LogP contribution in [0.25, 0.3) is 11.3 Å². The first-order chi connectivity index (χ1) is 14.3. The van der Waals surface area contributed by atoms with E-state index in [2.05, 4.69) is 21.3 Å². The maximum atomic E-state index is 12.5. The summed E-state index contributed by atoms with van der Waals surface area (Å²) in [6, 6.07) is 17.9. The first-order valence-corrected chi connectivity index (χ1v) is 11.1. The molecule has 1 aliphatic rings. The van der Waals surface area contributed by atoms with Crippen molar-refractivity contribution in [3.05, 3.63) is 72.2 Å². The van der Waals surface area contributed by atoms with Crippen molar-refractivity contribution in [3.63, 3.8) is 0 Å². The lowest BCUT2D eigenvalue weighted by Crippen LogP contribution is -2.32. The molecule has 2 heterocycles. The molecule has 1 saturated heterocycles. The highest BCUT2D eigenvalue weighted by Crippen LogP contribution is 2.22. The van der Waals surface area contributed by atoms with Gasteiger partial charge in [0.1, 0.15) is 0 Å². The fourth-order valence-electron chi connectivity index (χ4n) is 3.38. The average molecular weight is 408 g/mol. The van der Waals surface area contributed by atoms with Crippen LogP contribution in [0.5, 0.6) is 0 Å². The molecule has 1 amide bonds. The number of hydrogen-bond donors (Lipinski definition) is 1. The third kappa shape index (κ3) is 5.49. The van der Waals surface area contributed by atoms with E-state index in [1.54, 1.807) is 6.20 Å². The number of nitrogens with one attached hydrogen (secondary N) is 1. The molecule has 5 nitrogen and oxygen atoms in total. The van der Waals surface area contributed by atoms with Crippen LogP contribution in [-0.4, -0.2) is 40.4 Å². The Hall–Kier alpha value is -2.57. The van der Waals surface area contributed by atoms with Crippen molar-refractivity contribution in [1.82, 2.24) is 9.88 Å². The van der Waals surface area contributed by atoms with Crippen molar-refractivity contribution in [1.29, 1.82) is 0 Å². The number of amides is 1. The van der Waals surface area contributed by atoms with E-state index in [4.69, 9.17) is 4.42 Å². The molecule has 4 rings (SSSR count). The molecule has 1 aromatic heterocycles. The zero-order valence-electron chi connectivity index (χ0n) is 16.3. The number of oxazole rings is 1. The molecule has 1 N–H and O–H groups in total. The van der Waals surface area contributed by atoms with Crippen LogP contribution in [0.15, 0.2) is 65.2 Å². The number of anilines is 1. The smallest absolute Gasteiger partial charge is 0.224 e. The number of carbonyl (C=O) groups excluding carboxylic acids is 1. The van der Waals surface area contributed by atoms with Crippen molar-refractivity contribution in [2.24, 2.45) is 0 Å². The van der Waals surface area contributed by atoms with E-state index in [1.807, 2.05) is 60.3 Å². The zero-order chi connectivity index (χ0) is 19.9. The first kappa shape index (κ1) is 19.7. The van der Waals surface area contributed by atoms with Crippen molar-refractivity contribution in [2.75, 3.05) is 29.9 Å². The highest BCUT2D eigenvalue weighted by molar-refractivity contribution is 7.99. The summed E-state index contributed by atoms with van der Waals surface area (Å²) in [5.41, 5.74) is 3.05. The molecule has 0 bridgehead atoms. The van der Waals surface area contributed by atoms with E-state index in [0.29, 0.717) is 18.7 Å². The second kappa shape index (κ2) is 9.76. The maximum Gasteiger partial charge on any atom is 0.224 e. The Bertz CT molecular complexity index is 936. The molecule has 1 aliphatic heterocycles. The predicted octanol–water partition coefficient (Wildman–Crippen LogP) is 4.46. The number of aryl methyl sites for hydroxylation is 1. The fourth-order valence-corrected chi connectivity index (χ4v) is 4.35. The van der Waals surface area contributed by atoms with Crippen LogP contribution in [-0.2, 0) is 17.8 Å². The summed E-state index contributed by atoms with van der Waals surface area (Å²) in [4.78, 5) is 19.3. The van der Waals surface area contributed by atoms with Crippen LogP contribution in [0.4, 0.5) is 5.69 Å². The summed E-state index contributed by atoms with van der Waals surface area (Å²) in [5.74, 6) is 3.64. The molecule has 150 valence electrons. The second-order valence-corrected chi connectivity index (χ2v) is 8.30. The Labute approximate surface area is 175 Å². The molecule has 0 aliphatic carbocycles. The van der Waals surface area contributed by atoms with Gasteiger partial charge in [0.2, 0.25) is 5.91 Å². The predicted molar refractivity (Wildman–Crippen MR) is 118 cm³/mol. The number of nitrogens with zero attached hydrogens (tertiary/aromatic N) is 2. The number of benzene rings is 2. The minimum absolute atomic E-state index is 0.0221. The van der Waals surface area contributed by atoms with E-state index in [9.17, 15) is 4.79 Å². The zero-order valence-corrected chi connectivity index (χ0v) is 17.2. The van der Waals surface area contributed by atoms with Crippen LogP contribution in [0.1, 0.15) is 17.9 Å². The third-order valence-electron chi connectivity index (χ3n) is 4.97. The van der Waals surface area contributed by atoms with Gasteiger partial charge in [0.25, 0.3) is 0 Å². The van der Waals surface area contributed by atoms with Crippen LogP contribution in [0.2, 0.25) is 0 Å². The molecule has 1 fully saturated rings. The molecule has 0 unspecified atom stereocenters. The number of rotatable bonds is 7. The van der Waals surface area contributed by atoms with E-state index >= 15 is 0 Å². The summed E-state index contributed by atoms with van der Waals surface area (Å²) in [6.45, 7) is 3.07. The topological polar surface area (TPSA) is 58.4 Å². The van der Waals surface area contributed by atoms with Gasteiger partial charge in [0, 0.05) is 55.2 Å². The number of thioether (sulfide) groups is 1. The summed E-state index contributed by atoms with van der Waals surface area (Å²) >= 11 is 2.00. The molecule has 0 atom stereocenters. The van der Waals surface area contributed by atoms with Crippen LogP contribution < -0.4 is 5.32 Å². The fraction of sp³-hybridized carbons (Fsp3) is 0.304. The lowest BCUT2D eigenvalue weighted by Gasteiger charge is -2.27. The Balaban J connectivity index is 1.33. The Morgan fingerprint density at radius 1 is 1.07 bits per heavy atom. The van der Waals surface area contributed by atoms with Gasteiger partial charge in [-0.2, -0.15) is 11.8 Å². The quantitative estimate of drug-likeness (QED) is 0.627. The van der Waals surface area contributed by atoms with Crippen molar-refractivity contribution < 1.29 is 9.21 Å². The van der Waals surface area contributed by atoms with Crippen molar-refractivity contribution in [2.45, 2.75) is 19.4 Å². The molecule has 0 saturated carbocycles. The number of aromatic nitrogens is 1. The first-order valence-electron chi connectivity index (χ1n) is 9.96. The van der Waals surface area contributed by atoms with Gasteiger partial charge in [0.15, 0.2) is 11.7 Å². The van der Waals surface area contributed by atoms with E-state index in [-0.39, 0.29) is 5.91 Å². The van der Waals surface area contributed by atoms with E-state index in [0.717, 1.165) is 42.2 Å². The Kier molecular flexibility index (Phi) is 6.64. The monoisotopic (exact) mass is 407 g/mol. The number of carbonyl (C=O) groups is 1. The standard InChI is InChI=1S/C23H25N3O2S/c27-22(10-11-23-24-16-21(28-23)18-6-2-1-3-7-18)25-20-9-5-4-8-19(20)17-26-12-14-29-15-13-26/h1-9,16H,10-15,17H2,(H,25,27). The summed E-state index contributed by atoms with van der Waals surface area (Å²) in [6.07, 6.45) is 2.53. The van der Waals surface area contributed by atoms with Gasteiger partial charge < -0.3 is 9.73 Å². The molecular weight excluding hydrogens is 382 g/mol. The second-order valence-electron chi connectivity index (χ2n) is 7.08. The summed E-state index contributed by atoms with van der Waals surface area (Å²) in [7, 11) is 0. The van der Waals surface area contributed by atoms with Crippen LogP contribution >= 0.6 is 11.8 Å². The minimum atomic E-state index is -0.0221. The minimum Gasteiger partial charge on any atom is -0.441 e. The molecule has 0 radical (unpaired) electrons. The Morgan fingerprint density at radius 3 is 2.66 bits per heavy atom. The van der Waals surface area contributed by atoms with Gasteiger partial charge >= 0.3 is 0 Å². The van der Waals surface area contributed by atoms with Gasteiger partial charge in [-0.15, -0.1) is 0 Å². The largest absolute Gasteiger partial charge is 0.441 e. The lowest BCUT2D eigenvalue weighted by molar-refractivity contribution is -0.116. The molecule has 0 spiro atoms. The summed E-state index contributed by atoms with van der Waals surface area (Å²) < 4.78 is 5.79. The summed E-state index contributed by atoms with van der Waals surface area (Å²) in [5, 5.41) is 3.07. The van der Waals surface area contributed by atoms with E-state index < -0.39 is 0 Å². The Morgan fingerprint density at radius 2 is 1.83 bits per heavy atom. The molecule has 6 heteroatoms.